The molecular weight excluding hydrogens is 172 g/mol. The summed E-state index contributed by atoms with van der Waals surface area (Å²) in [5.74, 6) is 2.84. The molecule has 0 saturated heterocycles. The van der Waals surface area contributed by atoms with Gasteiger partial charge in [-0.15, -0.1) is 6.42 Å². The maximum Gasteiger partial charge on any atom is 0.133 e. The van der Waals surface area contributed by atoms with Crippen molar-refractivity contribution in [2.75, 3.05) is 0 Å². The summed E-state index contributed by atoms with van der Waals surface area (Å²) in [4.78, 5) is 0. The van der Waals surface area contributed by atoms with Gasteiger partial charge in [0, 0.05) is 0 Å². The normalized spacial score (nSPS) is 10.2. The average Bonchev–Trinajstić information content (AvgIpc) is 2.32. The van der Waals surface area contributed by atoms with Gasteiger partial charge in [-0.1, -0.05) is 31.4 Å². The molecule has 3 heteroatoms. The number of nitrogens with zero attached hydrogens (tertiary/aromatic N) is 2. The second kappa shape index (κ2) is 3.64. The molecule has 63 valence electrons. The van der Waals surface area contributed by atoms with Crippen molar-refractivity contribution in [2.45, 2.75) is 26.3 Å². The van der Waals surface area contributed by atoms with Gasteiger partial charge < -0.3 is 0 Å². The third-order valence-electron chi connectivity index (χ3n) is 1.56. The summed E-state index contributed by atoms with van der Waals surface area (Å²) in [6, 6.07) is 0. The van der Waals surface area contributed by atoms with Crippen LogP contribution in [0.3, 0.4) is 0 Å². The summed E-state index contributed by atoms with van der Waals surface area (Å²) in [7, 11) is 0. The first kappa shape index (κ1) is 9.15. The zero-order valence-corrected chi connectivity index (χ0v) is 7.89. The molecule has 1 radical (unpaired) electrons. The molecule has 0 aliphatic heterocycles. The van der Waals surface area contributed by atoms with Gasteiger partial charge in [0.05, 0.1) is 10.7 Å². The van der Waals surface area contributed by atoms with E-state index in [4.69, 9.17) is 18.0 Å². The van der Waals surface area contributed by atoms with Crippen molar-refractivity contribution in [3.05, 3.63) is 16.9 Å². The van der Waals surface area contributed by atoms with Crippen molar-refractivity contribution in [3.8, 4) is 12.3 Å². The molecule has 1 aromatic rings. The lowest BCUT2D eigenvalue weighted by molar-refractivity contribution is 0.635. The highest BCUT2D eigenvalue weighted by molar-refractivity contribution is 6.31. The van der Waals surface area contributed by atoms with E-state index in [0.717, 1.165) is 5.69 Å². The summed E-state index contributed by atoms with van der Waals surface area (Å²) >= 11 is 5.87. The van der Waals surface area contributed by atoms with Crippen molar-refractivity contribution in [1.82, 2.24) is 9.78 Å². The fourth-order valence-corrected chi connectivity index (χ4v) is 1.44. The van der Waals surface area contributed by atoms with Gasteiger partial charge in [-0.05, 0) is 5.92 Å². The van der Waals surface area contributed by atoms with Crippen LogP contribution in [-0.4, -0.2) is 9.78 Å². The molecule has 0 fully saturated rings. The molecular formula is C9H10ClN2. The summed E-state index contributed by atoms with van der Waals surface area (Å²) in [5, 5.41) is 4.51. The molecule has 0 bridgehead atoms. The van der Waals surface area contributed by atoms with Crippen LogP contribution in [0.25, 0.3) is 0 Å². The van der Waals surface area contributed by atoms with Crippen molar-refractivity contribution >= 4 is 11.6 Å². The largest absolute Gasteiger partial charge is 0.255 e. The van der Waals surface area contributed by atoms with Crippen LogP contribution in [0.1, 0.15) is 25.5 Å². The predicted molar refractivity (Wildman–Crippen MR) is 49.0 cm³/mol. The van der Waals surface area contributed by atoms with Crippen LogP contribution in [0.15, 0.2) is 0 Å². The Bertz CT molecular complexity index is 307. The number of halogens is 1. The Morgan fingerprint density at radius 3 is 2.92 bits per heavy atom. The molecule has 12 heavy (non-hydrogen) atoms. The summed E-state index contributed by atoms with van der Waals surface area (Å²) in [5.41, 5.74) is 0.953. The summed E-state index contributed by atoms with van der Waals surface area (Å²) < 4.78 is 1.70. The molecule has 0 amide bonds. The first-order valence-corrected chi connectivity index (χ1v) is 4.12. The number of hydrogen-bond donors (Lipinski definition) is 0. The van der Waals surface area contributed by atoms with Crippen LogP contribution in [-0.2, 0) is 6.54 Å². The molecule has 1 heterocycles. The van der Waals surface area contributed by atoms with E-state index in [-0.39, 0.29) is 0 Å². The minimum Gasteiger partial charge on any atom is -0.255 e. The van der Waals surface area contributed by atoms with E-state index in [1.54, 1.807) is 4.68 Å². The Morgan fingerprint density at radius 1 is 1.75 bits per heavy atom. The highest BCUT2D eigenvalue weighted by Crippen LogP contribution is 2.22. The Hall–Kier alpha value is -0.940. The van der Waals surface area contributed by atoms with E-state index in [9.17, 15) is 0 Å². The number of aromatic nitrogens is 2. The van der Waals surface area contributed by atoms with Gasteiger partial charge in [0.15, 0.2) is 0 Å². The predicted octanol–water partition coefficient (Wildman–Crippen LogP) is 2.09. The van der Waals surface area contributed by atoms with Crippen LogP contribution in [0.4, 0.5) is 0 Å². The molecule has 0 unspecified atom stereocenters. The SMILES string of the molecule is C#CCn1n[c]c(Cl)c1C(C)C. The molecule has 0 atom stereocenters. The monoisotopic (exact) mass is 181 g/mol. The van der Waals surface area contributed by atoms with Gasteiger partial charge in [0.25, 0.3) is 0 Å². The van der Waals surface area contributed by atoms with Gasteiger partial charge in [-0.25, -0.2) is 0 Å². The third kappa shape index (κ3) is 1.62. The van der Waals surface area contributed by atoms with E-state index in [2.05, 4.69) is 17.2 Å². The first-order chi connectivity index (χ1) is 5.66. The maximum absolute atomic E-state index is 5.87. The van der Waals surface area contributed by atoms with E-state index < -0.39 is 0 Å². The molecule has 0 aromatic carbocycles. The summed E-state index contributed by atoms with van der Waals surface area (Å²) in [6.07, 6.45) is 7.86. The first-order valence-electron chi connectivity index (χ1n) is 3.74. The highest BCUT2D eigenvalue weighted by atomic mass is 35.5. The molecule has 1 rings (SSSR count). The van der Waals surface area contributed by atoms with Gasteiger partial charge in [-0.2, -0.15) is 5.10 Å². The lowest BCUT2D eigenvalue weighted by Crippen LogP contribution is -2.05. The smallest absolute Gasteiger partial charge is 0.133 e. The molecule has 2 nitrogen and oxygen atoms in total. The Kier molecular flexibility index (Phi) is 2.78. The quantitative estimate of drug-likeness (QED) is 0.639. The number of hydrogen-bond acceptors (Lipinski definition) is 1. The van der Waals surface area contributed by atoms with Crippen LogP contribution in [0.2, 0.25) is 5.02 Å². The van der Waals surface area contributed by atoms with Crippen LogP contribution < -0.4 is 0 Å². The van der Waals surface area contributed by atoms with Gasteiger partial charge in [0.1, 0.15) is 12.7 Å². The second-order valence-electron chi connectivity index (χ2n) is 2.83. The average molecular weight is 182 g/mol. The summed E-state index contributed by atoms with van der Waals surface area (Å²) in [6.45, 7) is 4.55. The zero-order valence-electron chi connectivity index (χ0n) is 7.13. The van der Waals surface area contributed by atoms with Crippen LogP contribution in [0.5, 0.6) is 0 Å². The van der Waals surface area contributed by atoms with Gasteiger partial charge in [0.2, 0.25) is 0 Å². The molecule has 0 N–H and O–H groups in total. The second-order valence-corrected chi connectivity index (χ2v) is 3.21. The standard InChI is InChI=1S/C9H10ClN2/c1-4-5-12-9(7(2)3)8(10)6-11-12/h1,7H,5H2,2-3H3. The van der Waals surface area contributed by atoms with E-state index >= 15 is 0 Å². The number of rotatable bonds is 2. The molecule has 0 aliphatic carbocycles. The molecule has 1 aromatic heterocycles. The molecule has 0 saturated carbocycles. The highest BCUT2D eigenvalue weighted by Gasteiger charge is 2.11. The Balaban J connectivity index is 3.05. The minimum atomic E-state index is 0.324. The minimum absolute atomic E-state index is 0.324. The fourth-order valence-electron chi connectivity index (χ4n) is 1.09. The van der Waals surface area contributed by atoms with Gasteiger partial charge in [-0.3, -0.25) is 4.68 Å². The third-order valence-corrected chi connectivity index (χ3v) is 1.84. The lowest BCUT2D eigenvalue weighted by atomic mass is 10.1. The number of terminal acetylenes is 1. The maximum atomic E-state index is 5.87. The fraction of sp³-hybridized carbons (Fsp3) is 0.444. The van der Waals surface area contributed by atoms with E-state index in [1.165, 1.54) is 0 Å². The van der Waals surface area contributed by atoms with Crippen molar-refractivity contribution < 1.29 is 0 Å². The molecule has 0 spiro atoms. The van der Waals surface area contributed by atoms with Crippen molar-refractivity contribution in [2.24, 2.45) is 0 Å². The Morgan fingerprint density at radius 2 is 2.42 bits per heavy atom. The van der Waals surface area contributed by atoms with Gasteiger partial charge >= 0.3 is 0 Å². The van der Waals surface area contributed by atoms with E-state index in [1.807, 2.05) is 13.8 Å². The Labute approximate surface area is 77.5 Å². The van der Waals surface area contributed by atoms with E-state index in [0.29, 0.717) is 17.5 Å². The topological polar surface area (TPSA) is 17.8 Å². The van der Waals surface area contributed by atoms with Crippen molar-refractivity contribution in [3.63, 3.8) is 0 Å². The molecule has 0 aliphatic rings. The van der Waals surface area contributed by atoms with Crippen LogP contribution in [0, 0.1) is 18.5 Å². The zero-order chi connectivity index (χ0) is 9.14. The van der Waals surface area contributed by atoms with Crippen molar-refractivity contribution in [1.29, 1.82) is 0 Å². The van der Waals surface area contributed by atoms with Crippen LogP contribution >= 0.6 is 11.6 Å². The lowest BCUT2D eigenvalue weighted by Gasteiger charge is -2.07.